The maximum Gasteiger partial charge on any atom is 0.284 e. The number of benzene rings is 1. The van der Waals surface area contributed by atoms with E-state index in [2.05, 4.69) is 9.97 Å². The fourth-order valence-electron chi connectivity index (χ4n) is 1.58. The van der Waals surface area contributed by atoms with E-state index < -0.39 is 14.9 Å². The molecule has 0 spiro atoms. The van der Waals surface area contributed by atoms with Crippen LogP contribution in [0.3, 0.4) is 0 Å². The second-order valence-electron chi connectivity index (χ2n) is 4.10. The number of nitro benzene ring substituents is 1. The molecule has 0 radical (unpaired) electrons. The fraction of sp³-hybridized carbons (Fsp3) is 0.182. The van der Waals surface area contributed by atoms with Gasteiger partial charge in [0.05, 0.1) is 14.7 Å². The number of nitrogens with zero attached hydrogens (tertiary/aromatic N) is 2. The predicted octanol–water partition coefficient (Wildman–Crippen LogP) is 1.68. The number of aromatic amines is 1. The van der Waals surface area contributed by atoms with Crippen LogP contribution in [0, 0.1) is 10.1 Å². The molecule has 0 amide bonds. The second kappa shape index (κ2) is 5.84. The van der Waals surface area contributed by atoms with Gasteiger partial charge in [0.1, 0.15) is 0 Å². The average molecular weight is 328 g/mol. The van der Waals surface area contributed by atoms with E-state index in [1.807, 2.05) is 6.92 Å². The lowest BCUT2D eigenvalue weighted by Crippen LogP contribution is -2.12. The highest BCUT2D eigenvalue weighted by molar-refractivity contribution is 7.99. The first-order valence-electron chi connectivity index (χ1n) is 5.84. The van der Waals surface area contributed by atoms with Crippen molar-refractivity contribution in [1.29, 1.82) is 0 Å². The summed E-state index contributed by atoms with van der Waals surface area (Å²) in [6.07, 6.45) is 2.41. The van der Waals surface area contributed by atoms with Crippen molar-refractivity contribution in [3.8, 4) is 0 Å². The van der Waals surface area contributed by atoms with E-state index >= 15 is 0 Å². The number of aryl methyl sites for hydroxylation is 1. The molecule has 0 saturated heterocycles. The summed E-state index contributed by atoms with van der Waals surface area (Å²) in [7, 11) is -3.99. The van der Waals surface area contributed by atoms with Crippen molar-refractivity contribution in [1.82, 2.24) is 9.97 Å². The molecule has 1 aromatic heterocycles. The van der Waals surface area contributed by atoms with Crippen LogP contribution in [-0.4, -0.2) is 23.3 Å². The number of nitro groups is 1. The number of imidazole rings is 1. The van der Waals surface area contributed by atoms with Crippen LogP contribution in [-0.2, 0) is 16.4 Å². The summed E-state index contributed by atoms with van der Waals surface area (Å²) in [6.45, 7) is 1.95. The molecular weight excluding hydrogens is 316 g/mol. The molecule has 0 aliphatic carbocycles. The van der Waals surface area contributed by atoms with E-state index in [0.717, 1.165) is 29.9 Å². The van der Waals surface area contributed by atoms with Gasteiger partial charge >= 0.3 is 0 Å². The Kier molecular flexibility index (Phi) is 4.30. The standard InChI is InChI=1S/C11H12N4O4S2/c1-2-7-6-13-11(14-7)20-10-4-3-8(21(12,18)19)5-9(10)15(16)17/h3-6H,2H2,1H3,(H,13,14)(H2,12,18,19). The van der Waals surface area contributed by atoms with E-state index in [1.54, 1.807) is 6.20 Å². The zero-order valence-electron chi connectivity index (χ0n) is 10.9. The number of H-pyrrole nitrogens is 1. The normalized spacial score (nSPS) is 11.5. The Bertz CT molecular complexity index is 785. The van der Waals surface area contributed by atoms with Crippen LogP contribution in [0.2, 0.25) is 0 Å². The molecule has 2 rings (SSSR count). The van der Waals surface area contributed by atoms with Gasteiger partial charge in [-0.25, -0.2) is 18.5 Å². The van der Waals surface area contributed by atoms with Crippen LogP contribution in [0.5, 0.6) is 0 Å². The molecule has 21 heavy (non-hydrogen) atoms. The van der Waals surface area contributed by atoms with Crippen molar-refractivity contribution < 1.29 is 13.3 Å². The monoisotopic (exact) mass is 328 g/mol. The van der Waals surface area contributed by atoms with E-state index in [4.69, 9.17) is 5.14 Å². The lowest BCUT2D eigenvalue weighted by molar-refractivity contribution is -0.388. The summed E-state index contributed by atoms with van der Waals surface area (Å²) in [4.78, 5) is 17.5. The van der Waals surface area contributed by atoms with Gasteiger partial charge in [0.2, 0.25) is 10.0 Å². The highest BCUT2D eigenvalue weighted by atomic mass is 32.2. The first kappa shape index (κ1) is 15.5. The molecule has 0 aliphatic rings. The number of rotatable bonds is 5. The third kappa shape index (κ3) is 3.60. The quantitative estimate of drug-likeness (QED) is 0.634. The highest BCUT2D eigenvalue weighted by Crippen LogP contribution is 2.34. The highest BCUT2D eigenvalue weighted by Gasteiger charge is 2.20. The number of primary sulfonamides is 1. The molecule has 0 bridgehead atoms. The Morgan fingerprint density at radius 1 is 1.48 bits per heavy atom. The average Bonchev–Trinajstić information content (AvgIpc) is 2.85. The lowest BCUT2D eigenvalue weighted by Gasteiger charge is -2.03. The van der Waals surface area contributed by atoms with Gasteiger partial charge in [0, 0.05) is 18.0 Å². The first-order chi connectivity index (χ1) is 9.81. The summed E-state index contributed by atoms with van der Waals surface area (Å²) in [5, 5.41) is 16.6. The van der Waals surface area contributed by atoms with Gasteiger partial charge in [-0.05, 0) is 30.3 Å². The molecule has 0 aliphatic heterocycles. The van der Waals surface area contributed by atoms with Crippen molar-refractivity contribution in [3.05, 3.63) is 40.2 Å². The van der Waals surface area contributed by atoms with Crippen LogP contribution in [0.4, 0.5) is 5.69 Å². The summed E-state index contributed by atoms with van der Waals surface area (Å²) in [6, 6.07) is 3.52. The zero-order valence-corrected chi connectivity index (χ0v) is 12.6. The van der Waals surface area contributed by atoms with Gasteiger partial charge in [0.25, 0.3) is 5.69 Å². The number of nitrogens with one attached hydrogen (secondary N) is 1. The fourth-order valence-corrected chi connectivity index (χ4v) is 2.98. The maximum atomic E-state index is 11.2. The topological polar surface area (TPSA) is 132 Å². The van der Waals surface area contributed by atoms with Gasteiger partial charge < -0.3 is 4.98 Å². The summed E-state index contributed by atoms with van der Waals surface area (Å²) in [5.74, 6) is 0. The number of hydrogen-bond acceptors (Lipinski definition) is 6. The smallest absolute Gasteiger partial charge is 0.284 e. The van der Waals surface area contributed by atoms with Crippen LogP contribution in [0.25, 0.3) is 0 Å². The van der Waals surface area contributed by atoms with Gasteiger partial charge in [-0.1, -0.05) is 6.92 Å². The van der Waals surface area contributed by atoms with Crippen molar-refractivity contribution >= 4 is 27.5 Å². The van der Waals surface area contributed by atoms with Crippen LogP contribution >= 0.6 is 11.8 Å². The third-order valence-corrected chi connectivity index (χ3v) is 4.53. The third-order valence-electron chi connectivity index (χ3n) is 2.65. The molecule has 0 atom stereocenters. The number of aromatic nitrogens is 2. The summed E-state index contributed by atoms with van der Waals surface area (Å²) >= 11 is 1.05. The Hall–Kier alpha value is -1.91. The molecule has 10 heteroatoms. The van der Waals surface area contributed by atoms with E-state index in [1.165, 1.54) is 12.1 Å². The largest absolute Gasteiger partial charge is 0.337 e. The van der Waals surface area contributed by atoms with Crippen molar-refractivity contribution in [2.45, 2.75) is 28.3 Å². The van der Waals surface area contributed by atoms with Crippen molar-refractivity contribution in [2.75, 3.05) is 0 Å². The molecule has 2 aromatic rings. The van der Waals surface area contributed by atoms with Crippen LogP contribution in [0.1, 0.15) is 12.6 Å². The van der Waals surface area contributed by atoms with Gasteiger partial charge in [-0.3, -0.25) is 10.1 Å². The molecule has 0 unspecified atom stereocenters. The Morgan fingerprint density at radius 3 is 2.71 bits per heavy atom. The molecule has 0 fully saturated rings. The lowest BCUT2D eigenvalue weighted by atomic mass is 10.3. The molecule has 1 heterocycles. The SMILES string of the molecule is CCc1cnc(Sc2ccc(S(N)(=O)=O)cc2[N+](=O)[O-])[nH]1. The van der Waals surface area contributed by atoms with Crippen LogP contribution in [0.15, 0.2) is 39.3 Å². The van der Waals surface area contributed by atoms with Gasteiger partial charge in [0.15, 0.2) is 5.16 Å². The molecule has 8 nitrogen and oxygen atoms in total. The second-order valence-corrected chi connectivity index (χ2v) is 6.69. The Labute approximate surface area is 125 Å². The Balaban J connectivity index is 2.41. The van der Waals surface area contributed by atoms with Gasteiger partial charge in [-0.15, -0.1) is 0 Å². The summed E-state index contributed by atoms with van der Waals surface area (Å²) < 4.78 is 22.5. The summed E-state index contributed by atoms with van der Waals surface area (Å²) in [5.41, 5.74) is 0.572. The first-order valence-corrected chi connectivity index (χ1v) is 8.20. The van der Waals surface area contributed by atoms with E-state index in [-0.39, 0.29) is 15.5 Å². The van der Waals surface area contributed by atoms with Crippen molar-refractivity contribution in [3.63, 3.8) is 0 Å². The predicted molar refractivity (Wildman–Crippen MR) is 76.6 cm³/mol. The number of hydrogen-bond donors (Lipinski definition) is 2. The zero-order chi connectivity index (χ0) is 15.6. The molecule has 3 N–H and O–H groups in total. The minimum absolute atomic E-state index is 0.282. The van der Waals surface area contributed by atoms with E-state index in [0.29, 0.717) is 5.16 Å². The van der Waals surface area contributed by atoms with Crippen molar-refractivity contribution in [2.24, 2.45) is 5.14 Å². The molecule has 0 saturated carbocycles. The van der Waals surface area contributed by atoms with E-state index in [9.17, 15) is 18.5 Å². The number of nitrogens with two attached hydrogens (primary N) is 1. The Morgan fingerprint density at radius 2 is 2.19 bits per heavy atom. The molecular formula is C11H12N4O4S2. The minimum Gasteiger partial charge on any atom is -0.337 e. The number of sulfonamides is 1. The molecule has 1 aromatic carbocycles. The minimum atomic E-state index is -3.99. The maximum absolute atomic E-state index is 11.2. The van der Waals surface area contributed by atoms with Gasteiger partial charge in [-0.2, -0.15) is 0 Å². The van der Waals surface area contributed by atoms with Crippen LogP contribution < -0.4 is 5.14 Å². The molecule has 112 valence electrons.